The van der Waals surface area contributed by atoms with Crippen molar-refractivity contribution in [1.29, 1.82) is 0 Å². The van der Waals surface area contributed by atoms with Gasteiger partial charge in [-0.05, 0) is 23.6 Å². The molecule has 2 aromatic carbocycles. The lowest BCUT2D eigenvalue weighted by Crippen LogP contribution is -2.23. The number of hydrogen-bond acceptors (Lipinski definition) is 4. The highest BCUT2D eigenvalue weighted by molar-refractivity contribution is 7.18. The summed E-state index contributed by atoms with van der Waals surface area (Å²) in [4.78, 5) is 2.27. The standard InChI is InChI=1S/C21H22ClN3S/c1-3-5-14-25(15-18-8-6-7-9-19(18)22)21-24-23-20(26-21)17-12-10-16(4-2)11-13-17/h4,6-13H,2-3,5,14-15H2,1H3. The Morgan fingerprint density at radius 2 is 1.88 bits per heavy atom. The summed E-state index contributed by atoms with van der Waals surface area (Å²) in [5.41, 5.74) is 3.28. The van der Waals surface area contributed by atoms with E-state index < -0.39 is 0 Å². The van der Waals surface area contributed by atoms with Gasteiger partial charge in [0.25, 0.3) is 0 Å². The molecule has 26 heavy (non-hydrogen) atoms. The van der Waals surface area contributed by atoms with Crippen LogP contribution in [0.1, 0.15) is 30.9 Å². The lowest BCUT2D eigenvalue weighted by Gasteiger charge is -2.21. The third kappa shape index (κ3) is 4.51. The Hall–Kier alpha value is -2.17. The normalized spacial score (nSPS) is 10.7. The van der Waals surface area contributed by atoms with Crippen molar-refractivity contribution in [2.45, 2.75) is 26.3 Å². The fourth-order valence-corrected chi connectivity index (χ4v) is 3.72. The Morgan fingerprint density at radius 3 is 2.58 bits per heavy atom. The highest BCUT2D eigenvalue weighted by Crippen LogP contribution is 2.30. The largest absolute Gasteiger partial charge is 0.342 e. The van der Waals surface area contributed by atoms with E-state index in [9.17, 15) is 0 Å². The summed E-state index contributed by atoms with van der Waals surface area (Å²) in [6, 6.07) is 16.2. The van der Waals surface area contributed by atoms with Crippen LogP contribution < -0.4 is 4.90 Å². The molecule has 0 saturated heterocycles. The maximum Gasteiger partial charge on any atom is 0.208 e. The molecule has 0 aliphatic heterocycles. The first-order valence-corrected chi connectivity index (χ1v) is 9.95. The average molecular weight is 384 g/mol. The number of benzene rings is 2. The second-order valence-corrected chi connectivity index (χ2v) is 7.45. The monoisotopic (exact) mass is 383 g/mol. The second-order valence-electron chi connectivity index (χ2n) is 6.08. The molecule has 0 bridgehead atoms. The lowest BCUT2D eigenvalue weighted by molar-refractivity contribution is 0.710. The molecule has 3 nitrogen and oxygen atoms in total. The Bertz CT molecular complexity index is 858. The van der Waals surface area contributed by atoms with E-state index in [4.69, 9.17) is 11.6 Å². The Kier molecular flexibility index (Phi) is 6.42. The lowest BCUT2D eigenvalue weighted by atomic mass is 10.1. The van der Waals surface area contributed by atoms with E-state index in [-0.39, 0.29) is 0 Å². The molecule has 3 aromatic rings. The van der Waals surface area contributed by atoms with Crippen LogP contribution in [0.15, 0.2) is 55.1 Å². The van der Waals surface area contributed by atoms with Gasteiger partial charge in [-0.15, -0.1) is 10.2 Å². The van der Waals surface area contributed by atoms with Gasteiger partial charge in [0.05, 0.1) is 0 Å². The second kappa shape index (κ2) is 8.97. The van der Waals surface area contributed by atoms with Crippen molar-refractivity contribution in [1.82, 2.24) is 10.2 Å². The van der Waals surface area contributed by atoms with Crippen LogP contribution in [-0.4, -0.2) is 16.7 Å². The molecule has 0 aliphatic carbocycles. The SMILES string of the molecule is C=Cc1ccc(-c2nnc(N(CCCC)Cc3ccccc3Cl)s2)cc1. The van der Waals surface area contributed by atoms with E-state index in [0.29, 0.717) is 0 Å². The molecule has 0 spiro atoms. The van der Waals surface area contributed by atoms with Crippen LogP contribution in [0.4, 0.5) is 5.13 Å². The Labute approximate surface area is 164 Å². The van der Waals surface area contributed by atoms with Crippen molar-refractivity contribution in [2.75, 3.05) is 11.4 Å². The number of anilines is 1. The van der Waals surface area contributed by atoms with Gasteiger partial charge in [0.15, 0.2) is 0 Å². The molecule has 1 aromatic heterocycles. The molecule has 5 heteroatoms. The zero-order chi connectivity index (χ0) is 18.4. The molecule has 0 saturated carbocycles. The molecule has 0 fully saturated rings. The number of aromatic nitrogens is 2. The highest BCUT2D eigenvalue weighted by Gasteiger charge is 2.15. The van der Waals surface area contributed by atoms with E-state index >= 15 is 0 Å². The molecular weight excluding hydrogens is 362 g/mol. The molecular formula is C21H22ClN3S. The molecule has 134 valence electrons. The minimum atomic E-state index is 0.740. The summed E-state index contributed by atoms with van der Waals surface area (Å²) in [5, 5.41) is 11.5. The molecule has 1 heterocycles. The minimum Gasteiger partial charge on any atom is -0.342 e. The van der Waals surface area contributed by atoms with Gasteiger partial charge in [-0.2, -0.15) is 0 Å². The summed E-state index contributed by atoms with van der Waals surface area (Å²) in [7, 11) is 0. The third-order valence-electron chi connectivity index (χ3n) is 4.18. The van der Waals surface area contributed by atoms with Crippen molar-refractivity contribution in [3.05, 3.63) is 71.3 Å². The Balaban J connectivity index is 1.83. The topological polar surface area (TPSA) is 29.0 Å². The smallest absolute Gasteiger partial charge is 0.208 e. The van der Waals surface area contributed by atoms with Crippen molar-refractivity contribution in [3.8, 4) is 10.6 Å². The highest BCUT2D eigenvalue weighted by atomic mass is 35.5. The predicted molar refractivity (Wildman–Crippen MR) is 113 cm³/mol. The van der Waals surface area contributed by atoms with E-state index in [1.54, 1.807) is 11.3 Å². The zero-order valence-corrected chi connectivity index (χ0v) is 16.4. The maximum absolute atomic E-state index is 6.35. The van der Waals surface area contributed by atoms with Crippen LogP contribution in [-0.2, 0) is 6.54 Å². The summed E-state index contributed by atoms with van der Waals surface area (Å²) >= 11 is 7.97. The van der Waals surface area contributed by atoms with Crippen LogP contribution in [0.25, 0.3) is 16.6 Å². The molecule has 0 N–H and O–H groups in total. The van der Waals surface area contributed by atoms with E-state index in [0.717, 1.165) is 57.8 Å². The van der Waals surface area contributed by atoms with Gasteiger partial charge in [-0.1, -0.05) is 91.4 Å². The van der Waals surface area contributed by atoms with E-state index in [1.165, 1.54) is 0 Å². The number of nitrogens with zero attached hydrogens (tertiary/aromatic N) is 3. The third-order valence-corrected chi connectivity index (χ3v) is 5.58. The fraction of sp³-hybridized carbons (Fsp3) is 0.238. The van der Waals surface area contributed by atoms with Crippen molar-refractivity contribution in [3.63, 3.8) is 0 Å². The van der Waals surface area contributed by atoms with Gasteiger partial charge in [0.2, 0.25) is 5.13 Å². The zero-order valence-electron chi connectivity index (χ0n) is 14.9. The number of halogens is 1. The first-order valence-electron chi connectivity index (χ1n) is 8.76. The van der Waals surface area contributed by atoms with Crippen LogP contribution >= 0.6 is 22.9 Å². The molecule has 0 amide bonds. The van der Waals surface area contributed by atoms with Gasteiger partial charge in [0, 0.05) is 23.7 Å². The Morgan fingerprint density at radius 1 is 1.12 bits per heavy atom. The van der Waals surface area contributed by atoms with Crippen LogP contribution in [0.3, 0.4) is 0 Å². The molecule has 0 radical (unpaired) electrons. The van der Waals surface area contributed by atoms with Crippen molar-refractivity contribution < 1.29 is 0 Å². The van der Waals surface area contributed by atoms with Gasteiger partial charge >= 0.3 is 0 Å². The summed E-state index contributed by atoms with van der Waals surface area (Å²) in [5.74, 6) is 0. The van der Waals surface area contributed by atoms with Crippen LogP contribution in [0.2, 0.25) is 5.02 Å². The van der Waals surface area contributed by atoms with Crippen molar-refractivity contribution >= 4 is 34.1 Å². The number of hydrogen-bond donors (Lipinski definition) is 0. The number of unbranched alkanes of at least 4 members (excludes halogenated alkanes) is 1. The van der Waals surface area contributed by atoms with Gasteiger partial charge in [0.1, 0.15) is 5.01 Å². The van der Waals surface area contributed by atoms with Crippen molar-refractivity contribution in [2.24, 2.45) is 0 Å². The predicted octanol–water partition coefficient (Wildman–Crippen LogP) is 6.31. The van der Waals surface area contributed by atoms with Gasteiger partial charge < -0.3 is 4.90 Å². The van der Waals surface area contributed by atoms with Gasteiger partial charge in [-0.3, -0.25) is 0 Å². The first-order chi connectivity index (χ1) is 12.7. The van der Waals surface area contributed by atoms with Crippen LogP contribution in [0, 0.1) is 0 Å². The fourth-order valence-electron chi connectivity index (χ4n) is 2.65. The quantitative estimate of drug-likeness (QED) is 0.456. The van der Waals surface area contributed by atoms with Gasteiger partial charge in [-0.25, -0.2) is 0 Å². The first kappa shape index (κ1) is 18.6. The van der Waals surface area contributed by atoms with E-state index in [2.05, 4.69) is 46.8 Å². The maximum atomic E-state index is 6.35. The summed E-state index contributed by atoms with van der Waals surface area (Å²) < 4.78 is 0. The molecule has 0 unspecified atom stereocenters. The molecule has 3 rings (SSSR count). The average Bonchev–Trinajstić information content (AvgIpc) is 3.16. The summed E-state index contributed by atoms with van der Waals surface area (Å²) in [6.45, 7) is 7.66. The molecule has 0 atom stereocenters. The van der Waals surface area contributed by atoms with E-state index in [1.807, 2.05) is 36.4 Å². The minimum absolute atomic E-state index is 0.740. The van der Waals surface area contributed by atoms with Crippen LogP contribution in [0.5, 0.6) is 0 Å². The molecule has 0 aliphatic rings. The number of rotatable bonds is 8. The summed E-state index contributed by atoms with van der Waals surface area (Å²) in [6.07, 6.45) is 4.08.